The maximum Gasteiger partial charge on any atom is 0.251 e. The largest absolute Gasteiger partial charge is 0.355 e. The lowest BCUT2D eigenvalue weighted by Crippen LogP contribution is -2.51. The van der Waals surface area contributed by atoms with E-state index in [9.17, 15) is 13.6 Å². The molecule has 4 nitrogen and oxygen atoms in total. The van der Waals surface area contributed by atoms with Gasteiger partial charge in [-0.15, -0.1) is 0 Å². The number of rotatable bonds is 7. The van der Waals surface area contributed by atoms with Gasteiger partial charge in [0.05, 0.1) is 12.5 Å². The van der Waals surface area contributed by atoms with Gasteiger partial charge in [0.15, 0.2) is 0 Å². The summed E-state index contributed by atoms with van der Waals surface area (Å²) in [5.41, 5.74) is 1.23. The molecule has 0 aromatic heterocycles. The first kappa shape index (κ1) is 20.2. The minimum Gasteiger partial charge on any atom is -0.355 e. The Morgan fingerprint density at radius 2 is 1.85 bits per heavy atom. The summed E-state index contributed by atoms with van der Waals surface area (Å²) >= 11 is 0. The van der Waals surface area contributed by atoms with Crippen LogP contribution in [0.2, 0.25) is 0 Å². The normalized spacial score (nSPS) is 22.9. The number of piperidine rings is 2. The van der Waals surface area contributed by atoms with Crippen LogP contribution in [0.1, 0.15) is 31.2 Å². The molecular formula is C21H31F2N3O. The first-order valence-corrected chi connectivity index (χ1v) is 10.2. The summed E-state index contributed by atoms with van der Waals surface area (Å²) in [6.45, 7) is 3.85. The van der Waals surface area contributed by atoms with E-state index in [1.54, 1.807) is 0 Å². The highest BCUT2D eigenvalue weighted by Crippen LogP contribution is 2.24. The van der Waals surface area contributed by atoms with Crippen molar-refractivity contribution in [3.63, 3.8) is 0 Å². The van der Waals surface area contributed by atoms with E-state index in [2.05, 4.69) is 22.3 Å². The van der Waals surface area contributed by atoms with Gasteiger partial charge in [0.2, 0.25) is 5.91 Å². The molecule has 0 unspecified atom stereocenters. The third-order valence-corrected chi connectivity index (χ3v) is 5.85. The highest BCUT2D eigenvalue weighted by atomic mass is 19.3. The van der Waals surface area contributed by atoms with E-state index in [0.29, 0.717) is 12.6 Å². The zero-order valence-electron chi connectivity index (χ0n) is 16.0. The van der Waals surface area contributed by atoms with Crippen molar-refractivity contribution in [1.82, 2.24) is 15.1 Å². The van der Waals surface area contributed by atoms with Crippen LogP contribution < -0.4 is 5.32 Å². The monoisotopic (exact) mass is 379 g/mol. The lowest BCUT2D eigenvalue weighted by molar-refractivity contribution is -0.127. The van der Waals surface area contributed by atoms with Crippen LogP contribution in [0, 0.1) is 5.92 Å². The van der Waals surface area contributed by atoms with Gasteiger partial charge in [-0.05, 0) is 57.3 Å². The SMILES string of the molecule is O=C(NCCc1ccccc1)[C@@H]1CCCN(C2CCN(CC(F)F)CC2)C1. The van der Waals surface area contributed by atoms with Gasteiger partial charge in [-0.25, -0.2) is 8.78 Å². The molecule has 0 spiro atoms. The van der Waals surface area contributed by atoms with Crippen molar-refractivity contribution in [2.24, 2.45) is 5.92 Å². The molecule has 1 amide bonds. The van der Waals surface area contributed by atoms with Crippen molar-refractivity contribution >= 4 is 5.91 Å². The van der Waals surface area contributed by atoms with E-state index in [1.807, 2.05) is 23.1 Å². The smallest absolute Gasteiger partial charge is 0.251 e. The quantitative estimate of drug-likeness (QED) is 0.791. The van der Waals surface area contributed by atoms with Gasteiger partial charge in [0, 0.05) is 19.1 Å². The summed E-state index contributed by atoms with van der Waals surface area (Å²) in [6.07, 6.45) is 2.43. The van der Waals surface area contributed by atoms with Crippen molar-refractivity contribution in [2.75, 3.05) is 39.3 Å². The molecule has 2 saturated heterocycles. The highest BCUT2D eigenvalue weighted by Gasteiger charge is 2.31. The Labute approximate surface area is 160 Å². The fourth-order valence-electron chi connectivity index (χ4n) is 4.33. The number of hydrogen-bond acceptors (Lipinski definition) is 3. The summed E-state index contributed by atoms with van der Waals surface area (Å²) in [7, 11) is 0. The van der Waals surface area contributed by atoms with Crippen molar-refractivity contribution < 1.29 is 13.6 Å². The molecule has 2 aliphatic heterocycles. The average molecular weight is 379 g/mol. The molecule has 150 valence electrons. The van der Waals surface area contributed by atoms with Gasteiger partial charge in [-0.1, -0.05) is 30.3 Å². The van der Waals surface area contributed by atoms with Gasteiger partial charge < -0.3 is 5.32 Å². The van der Waals surface area contributed by atoms with Crippen molar-refractivity contribution in [3.8, 4) is 0 Å². The van der Waals surface area contributed by atoms with Crippen LogP contribution in [-0.2, 0) is 11.2 Å². The van der Waals surface area contributed by atoms with Gasteiger partial charge >= 0.3 is 0 Å². The van der Waals surface area contributed by atoms with Crippen LogP contribution in [-0.4, -0.2) is 67.4 Å². The van der Waals surface area contributed by atoms with Gasteiger partial charge in [0.25, 0.3) is 6.43 Å². The third kappa shape index (κ3) is 6.25. The summed E-state index contributed by atoms with van der Waals surface area (Å²) < 4.78 is 25.0. The number of nitrogens with one attached hydrogen (secondary N) is 1. The molecule has 0 aliphatic carbocycles. The predicted octanol–water partition coefficient (Wildman–Crippen LogP) is 2.79. The number of amides is 1. The Bertz CT molecular complexity index is 576. The number of nitrogens with zero attached hydrogens (tertiary/aromatic N) is 2. The molecule has 1 aromatic rings. The summed E-state index contributed by atoms with van der Waals surface area (Å²) in [5, 5.41) is 3.10. The lowest BCUT2D eigenvalue weighted by Gasteiger charge is -2.42. The maximum absolute atomic E-state index is 12.6. The van der Waals surface area contributed by atoms with Gasteiger partial charge in [-0.3, -0.25) is 14.6 Å². The number of benzene rings is 1. The van der Waals surface area contributed by atoms with E-state index in [1.165, 1.54) is 5.56 Å². The first-order chi connectivity index (χ1) is 13.1. The molecule has 2 heterocycles. The molecule has 2 aliphatic rings. The Morgan fingerprint density at radius 3 is 2.56 bits per heavy atom. The summed E-state index contributed by atoms with van der Waals surface area (Å²) in [4.78, 5) is 16.8. The van der Waals surface area contributed by atoms with Gasteiger partial charge in [0.1, 0.15) is 0 Å². The average Bonchev–Trinajstić information content (AvgIpc) is 2.69. The molecule has 0 bridgehead atoms. The highest BCUT2D eigenvalue weighted by molar-refractivity contribution is 5.79. The fraction of sp³-hybridized carbons (Fsp3) is 0.667. The zero-order chi connectivity index (χ0) is 19.1. The minimum absolute atomic E-state index is 0.0496. The molecule has 27 heavy (non-hydrogen) atoms. The third-order valence-electron chi connectivity index (χ3n) is 5.85. The van der Waals surface area contributed by atoms with Crippen LogP contribution in [0.5, 0.6) is 0 Å². The lowest BCUT2D eigenvalue weighted by atomic mass is 9.93. The number of hydrogen-bond donors (Lipinski definition) is 1. The second-order valence-corrected chi connectivity index (χ2v) is 7.78. The van der Waals surface area contributed by atoms with E-state index in [4.69, 9.17) is 0 Å². The van der Waals surface area contributed by atoms with Crippen molar-refractivity contribution in [1.29, 1.82) is 0 Å². The maximum atomic E-state index is 12.6. The van der Waals surface area contributed by atoms with Gasteiger partial charge in [-0.2, -0.15) is 0 Å². The molecule has 0 saturated carbocycles. The van der Waals surface area contributed by atoms with Crippen molar-refractivity contribution in [2.45, 2.75) is 44.6 Å². The van der Waals surface area contributed by atoms with E-state index >= 15 is 0 Å². The van der Waals surface area contributed by atoms with E-state index < -0.39 is 6.43 Å². The number of carbonyl (C=O) groups is 1. The van der Waals surface area contributed by atoms with E-state index in [-0.39, 0.29) is 18.4 Å². The molecule has 2 fully saturated rings. The standard InChI is InChI=1S/C21H31F2N3O/c22-20(23)16-25-13-9-19(10-14-25)26-12-4-7-18(15-26)21(27)24-11-8-17-5-2-1-3-6-17/h1-3,5-6,18-20H,4,7-16H2,(H,24,27)/t18-/m1/s1. The number of carbonyl (C=O) groups excluding carboxylic acids is 1. The van der Waals surface area contributed by atoms with Crippen molar-refractivity contribution in [3.05, 3.63) is 35.9 Å². The molecule has 3 rings (SSSR count). The number of alkyl halides is 2. The molecule has 1 aromatic carbocycles. The Morgan fingerprint density at radius 1 is 1.11 bits per heavy atom. The topological polar surface area (TPSA) is 35.6 Å². The molecule has 1 N–H and O–H groups in total. The molecular weight excluding hydrogens is 348 g/mol. The van der Waals surface area contributed by atoms with Crippen LogP contribution in [0.4, 0.5) is 8.78 Å². The second-order valence-electron chi connectivity index (χ2n) is 7.78. The Kier molecular flexibility index (Phi) is 7.59. The Hall–Kier alpha value is -1.53. The minimum atomic E-state index is -2.25. The van der Waals surface area contributed by atoms with E-state index in [0.717, 1.165) is 58.3 Å². The van der Waals surface area contributed by atoms with Crippen LogP contribution in [0.25, 0.3) is 0 Å². The molecule has 6 heteroatoms. The second kappa shape index (κ2) is 10.1. The molecule has 1 atom stereocenters. The Balaban J connectivity index is 1.40. The number of halogens is 2. The molecule has 0 radical (unpaired) electrons. The van der Waals surface area contributed by atoms with Crippen LogP contribution in [0.3, 0.4) is 0 Å². The van der Waals surface area contributed by atoms with Crippen LogP contribution >= 0.6 is 0 Å². The number of likely N-dealkylation sites (tertiary alicyclic amines) is 2. The summed E-state index contributed by atoms with van der Waals surface area (Å²) in [5.74, 6) is 0.208. The fourth-order valence-corrected chi connectivity index (χ4v) is 4.33. The summed E-state index contributed by atoms with van der Waals surface area (Å²) in [6, 6.07) is 10.6. The first-order valence-electron chi connectivity index (χ1n) is 10.2. The zero-order valence-corrected chi connectivity index (χ0v) is 16.0. The predicted molar refractivity (Wildman–Crippen MR) is 103 cm³/mol. The van der Waals surface area contributed by atoms with Crippen LogP contribution in [0.15, 0.2) is 30.3 Å².